The number of nitrogens with one attached hydrogen (secondary N) is 1. The third-order valence-corrected chi connectivity index (χ3v) is 2.69. The third kappa shape index (κ3) is 3.03. The standard InChI is InChI=1S/C14H12N6O/c15-13-18-12(9-2-1-3-11(21)8-9)19-14(20-13)17-10-4-6-16-7-5-10/h1-8,21H,(H3,15,16,17,18,19,20). The predicted octanol–water partition coefficient (Wildman–Crippen LogP) is 1.96. The molecular weight excluding hydrogens is 268 g/mol. The Balaban J connectivity index is 1.97. The Bertz CT molecular complexity index is 762. The van der Waals surface area contributed by atoms with Crippen molar-refractivity contribution in [2.24, 2.45) is 0 Å². The van der Waals surface area contributed by atoms with Gasteiger partial charge in [0.25, 0.3) is 0 Å². The molecule has 0 bridgehead atoms. The van der Waals surface area contributed by atoms with E-state index in [1.807, 2.05) is 0 Å². The zero-order valence-corrected chi connectivity index (χ0v) is 10.9. The van der Waals surface area contributed by atoms with Crippen molar-refractivity contribution in [3.05, 3.63) is 48.8 Å². The summed E-state index contributed by atoms with van der Waals surface area (Å²) in [5, 5.41) is 12.5. The van der Waals surface area contributed by atoms with Gasteiger partial charge < -0.3 is 16.2 Å². The fourth-order valence-electron chi connectivity index (χ4n) is 1.79. The minimum absolute atomic E-state index is 0.0971. The molecule has 104 valence electrons. The number of hydrogen-bond acceptors (Lipinski definition) is 7. The number of nitrogens with two attached hydrogens (primary N) is 1. The Morgan fingerprint density at radius 2 is 1.81 bits per heavy atom. The Hall–Kier alpha value is -3.22. The number of nitrogen functional groups attached to an aromatic ring is 1. The van der Waals surface area contributed by atoms with Crippen molar-refractivity contribution in [3.63, 3.8) is 0 Å². The number of phenolic OH excluding ortho intramolecular Hbond substituents is 1. The second kappa shape index (κ2) is 5.41. The molecule has 21 heavy (non-hydrogen) atoms. The maximum Gasteiger partial charge on any atom is 0.232 e. The van der Waals surface area contributed by atoms with E-state index in [9.17, 15) is 5.11 Å². The van der Waals surface area contributed by atoms with Crippen LogP contribution in [0.5, 0.6) is 5.75 Å². The summed E-state index contributed by atoms with van der Waals surface area (Å²) in [6.07, 6.45) is 3.31. The zero-order valence-electron chi connectivity index (χ0n) is 10.9. The van der Waals surface area contributed by atoms with Crippen LogP contribution in [0.1, 0.15) is 0 Å². The summed E-state index contributed by atoms with van der Waals surface area (Å²) in [4.78, 5) is 16.3. The molecule has 0 radical (unpaired) electrons. The number of phenols is 1. The first-order valence-corrected chi connectivity index (χ1v) is 6.19. The highest BCUT2D eigenvalue weighted by atomic mass is 16.3. The van der Waals surface area contributed by atoms with Crippen LogP contribution in [0.3, 0.4) is 0 Å². The third-order valence-electron chi connectivity index (χ3n) is 2.69. The molecule has 0 aliphatic carbocycles. The molecule has 2 aromatic heterocycles. The van der Waals surface area contributed by atoms with E-state index >= 15 is 0 Å². The van der Waals surface area contributed by atoms with Crippen LogP contribution in [0, 0.1) is 0 Å². The molecule has 0 fully saturated rings. The number of nitrogens with zero attached hydrogens (tertiary/aromatic N) is 4. The number of anilines is 3. The molecule has 0 spiro atoms. The van der Waals surface area contributed by atoms with Crippen LogP contribution in [0.25, 0.3) is 11.4 Å². The number of hydrogen-bond donors (Lipinski definition) is 3. The van der Waals surface area contributed by atoms with Gasteiger partial charge in [-0.2, -0.15) is 15.0 Å². The summed E-state index contributed by atoms with van der Waals surface area (Å²) in [5.41, 5.74) is 7.16. The van der Waals surface area contributed by atoms with Gasteiger partial charge in [-0.1, -0.05) is 12.1 Å². The summed E-state index contributed by atoms with van der Waals surface area (Å²) >= 11 is 0. The van der Waals surface area contributed by atoms with Crippen LogP contribution in [-0.4, -0.2) is 25.0 Å². The van der Waals surface area contributed by atoms with Gasteiger partial charge in [-0.05, 0) is 24.3 Å². The molecule has 0 atom stereocenters. The van der Waals surface area contributed by atoms with Crippen molar-refractivity contribution in [2.75, 3.05) is 11.1 Å². The molecule has 0 aliphatic rings. The highest BCUT2D eigenvalue weighted by molar-refractivity contribution is 5.61. The van der Waals surface area contributed by atoms with Crippen molar-refractivity contribution < 1.29 is 5.11 Å². The normalized spacial score (nSPS) is 10.3. The van der Waals surface area contributed by atoms with Gasteiger partial charge in [0.05, 0.1) is 0 Å². The lowest BCUT2D eigenvalue weighted by Gasteiger charge is -2.07. The topological polar surface area (TPSA) is 110 Å². The van der Waals surface area contributed by atoms with Crippen molar-refractivity contribution in [1.82, 2.24) is 19.9 Å². The van der Waals surface area contributed by atoms with Crippen molar-refractivity contribution in [1.29, 1.82) is 0 Å². The molecule has 7 nitrogen and oxygen atoms in total. The van der Waals surface area contributed by atoms with Crippen LogP contribution in [0.15, 0.2) is 48.8 Å². The molecule has 2 heterocycles. The zero-order chi connectivity index (χ0) is 14.7. The lowest BCUT2D eigenvalue weighted by atomic mass is 10.2. The average Bonchev–Trinajstić information content (AvgIpc) is 2.48. The molecular formula is C14H12N6O. The quantitative estimate of drug-likeness (QED) is 0.672. The number of aromatic hydroxyl groups is 1. The molecule has 0 unspecified atom stereocenters. The van der Waals surface area contributed by atoms with Crippen LogP contribution < -0.4 is 11.1 Å². The highest BCUT2D eigenvalue weighted by Crippen LogP contribution is 2.22. The summed E-state index contributed by atoms with van der Waals surface area (Å²) in [5.74, 6) is 0.942. The largest absolute Gasteiger partial charge is 0.508 e. The molecule has 3 aromatic rings. The minimum Gasteiger partial charge on any atom is -0.508 e. The number of aromatic nitrogens is 4. The second-order valence-electron chi connectivity index (χ2n) is 4.25. The van der Waals surface area contributed by atoms with E-state index < -0.39 is 0 Å². The van der Waals surface area contributed by atoms with Crippen molar-refractivity contribution in [3.8, 4) is 17.1 Å². The highest BCUT2D eigenvalue weighted by Gasteiger charge is 2.07. The van der Waals surface area contributed by atoms with Gasteiger partial charge in [0.1, 0.15) is 5.75 Å². The van der Waals surface area contributed by atoms with E-state index in [1.54, 1.807) is 48.8 Å². The van der Waals surface area contributed by atoms with Crippen LogP contribution in [-0.2, 0) is 0 Å². The number of rotatable bonds is 3. The maximum absolute atomic E-state index is 9.52. The van der Waals surface area contributed by atoms with E-state index in [0.717, 1.165) is 5.69 Å². The predicted molar refractivity (Wildman–Crippen MR) is 78.9 cm³/mol. The Labute approximate surface area is 120 Å². The summed E-state index contributed by atoms with van der Waals surface area (Å²) in [6.45, 7) is 0. The first kappa shape index (κ1) is 12.8. The molecule has 7 heteroatoms. The van der Waals surface area contributed by atoms with E-state index in [2.05, 4.69) is 25.3 Å². The molecule has 0 saturated heterocycles. The van der Waals surface area contributed by atoms with Gasteiger partial charge in [0.2, 0.25) is 11.9 Å². The lowest BCUT2D eigenvalue weighted by molar-refractivity contribution is 0.475. The fraction of sp³-hybridized carbons (Fsp3) is 0. The molecule has 1 aromatic carbocycles. The van der Waals surface area contributed by atoms with Gasteiger partial charge in [-0.25, -0.2) is 0 Å². The first-order chi connectivity index (χ1) is 10.2. The summed E-state index contributed by atoms with van der Waals surface area (Å²) < 4.78 is 0. The number of benzene rings is 1. The van der Waals surface area contributed by atoms with Gasteiger partial charge >= 0.3 is 0 Å². The smallest absolute Gasteiger partial charge is 0.232 e. The lowest BCUT2D eigenvalue weighted by Crippen LogP contribution is -2.04. The van der Waals surface area contributed by atoms with E-state index in [1.165, 1.54) is 0 Å². The number of pyridine rings is 1. The van der Waals surface area contributed by atoms with Crippen LogP contribution in [0.4, 0.5) is 17.6 Å². The van der Waals surface area contributed by atoms with E-state index in [-0.39, 0.29) is 11.7 Å². The summed E-state index contributed by atoms with van der Waals surface area (Å²) in [7, 11) is 0. The molecule has 0 aliphatic heterocycles. The second-order valence-corrected chi connectivity index (χ2v) is 4.25. The molecule has 4 N–H and O–H groups in total. The first-order valence-electron chi connectivity index (χ1n) is 6.19. The minimum atomic E-state index is 0.0971. The van der Waals surface area contributed by atoms with Gasteiger partial charge in [-0.15, -0.1) is 0 Å². The maximum atomic E-state index is 9.52. The van der Waals surface area contributed by atoms with Gasteiger partial charge in [0.15, 0.2) is 5.82 Å². The van der Waals surface area contributed by atoms with Crippen LogP contribution >= 0.6 is 0 Å². The Morgan fingerprint density at radius 3 is 2.57 bits per heavy atom. The van der Waals surface area contributed by atoms with Crippen LogP contribution in [0.2, 0.25) is 0 Å². The molecule has 0 saturated carbocycles. The van der Waals surface area contributed by atoms with E-state index in [4.69, 9.17) is 5.73 Å². The van der Waals surface area contributed by atoms with Gasteiger partial charge in [-0.3, -0.25) is 4.98 Å². The average molecular weight is 280 g/mol. The van der Waals surface area contributed by atoms with Crippen molar-refractivity contribution in [2.45, 2.75) is 0 Å². The summed E-state index contributed by atoms with van der Waals surface area (Å²) in [6, 6.07) is 10.2. The Morgan fingerprint density at radius 1 is 1.00 bits per heavy atom. The van der Waals surface area contributed by atoms with Crippen molar-refractivity contribution >= 4 is 17.6 Å². The SMILES string of the molecule is Nc1nc(Nc2ccncc2)nc(-c2cccc(O)c2)n1. The van der Waals surface area contributed by atoms with Gasteiger partial charge in [0, 0.05) is 23.6 Å². The monoisotopic (exact) mass is 280 g/mol. The van der Waals surface area contributed by atoms with E-state index in [0.29, 0.717) is 17.3 Å². The Kier molecular flexibility index (Phi) is 3.30. The molecule has 3 rings (SSSR count). The fourth-order valence-corrected chi connectivity index (χ4v) is 1.79. The molecule has 0 amide bonds.